The molecule has 120 valence electrons. The zero-order valence-corrected chi connectivity index (χ0v) is 11.8. The Morgan fingerprint density at radius 3 is 2.57 bits per heavy atom. The summed E-state index contributed by atoms with van der Waals surface area (Å²) in [5.74, 6) is -0.138. The van der Waals surface area contributed by atoms with E-state index in [1.807, 2.05) is 0 Å². The summed E-state index contributed by atoms with van der Waals surface area (Å²) in [7, 11) is 0. The molecule has 0 spiro atoms. The lowest BCUT2D eigenvalue weighted by molar-refractivity contribution is -0.174. The van der Waals surface area contributed by atoms with Crippen molar-refractivity contribution in [2.24, 2.45) is 5.92 Å². The van der Waals surface area contributed by atoms with Gasteiger partial charge in [0, 0.05) is 13.2 Å². The van der Waals surface area contributed by atoms with Crippen LogP contribution in [0.15, 0.2) is 0 Å². The second-order valence-electron chi connectivity index (χ2n) is 5.55. The number of alkyl halides is 3. The predicted molar refractivity (Wildman–Crippen MR) is 67.3 cm³/mol. The molecule has 1 aliphatic heterocycles. The van der Waals surface area contributed by atoms with Gasteiger partial charge in [-0.1, -0.05) is 0 Å². The molecular formula is C13H19F3N2O3. The molecule has 1 saturated carbocycles. The van der Waals surface area contributed by atoms with E-state index in [1.165, 1.54) is 4.90 Å². The summed E-state index contributed by atoms with van der Waals surface area (Å²) in [6, 6.07) is -1.06. The van der Waals surface area contributed by atoms with Gasteiger partial charge in [-0.15, -0.1) is 0 Å². The molecular weight excluding hydrogens is 289 g/mol. The van der Waals surface area contributed by atoms with Crippen LogP contribution in [0.2, 0.25) is 0 Å². The average molecular weight is 308 g/mol. The zero-order valence-electron chi connectivity index (χ0n) is 11.8. The molecule has 1 heterocycles. The Bertz CT molecular complexity index is 410. The number of hydrogen-bond acceptors (Lipinski definition) is 3. The number of ether oxygens (including phenoxy) is 1. The van der Waals surface area contributed by atoms with Crippen LogP contribution in [0.5, 0.6) is 0 Å². The molecule has 2 rings (SSSR count). The van der Waals surface area contributed by atoms with Gasteiger partial charge >= 0.3 is 6.18 Å². The number of halogens is 3. The van der Waals surface area contributed by atoms with Crippen LogP contribution in [0, 0.1) is 5.92 Å². The zero-order chi connectivity index (χ0) is 15.6. The molecule has 2 aliphatic rings. The van der Waals surface area contributed by atoms with E-state index in [4.69, 9.17) is 0 Å². The van der Waals surface area contributed by atoms with Gasteiger partial charge in [-0.2, -0.15) is 13.2 Å². The maximum Gasteiger partial charge on any atom is 0.411 e. The SMILES string of the molecule is CC1C(=O)NC(C2CC2)C(=O)N1CCCOCC(F)(F)F. The van der Waals surface area contributed by atoms with Gasteiger partial charge in [0.05, 0.1) is 0 Å². The molecule has 21 heavy (non-hydrogen) atoms. The lowest BCUT2D eigenvalue weighted by Crippen LogP contribution is -2.63. The van der Waals surface area contributed by atoms with E-state index in [2.05, 4.69) is 10.1 Å². The van der Waals surface area contributed by atoms with Gasteiger partial charge in [-0.3, -0.25) is 9.59 Å². The Morgan fingerprint density at radius 1 is 1.33 bits per heavy atom. The van der Waals surface area contributed by atoms with Gasteiger partial charge in [0.2, 0.25) is 11.8 Å². The molecule has 0 aromatic carbocycles. The number of piperazine rings is 1. The first-order chi connectivity index (χ1) is 9.79. The highest BCUT2D eigenvalue weighted by Gasteiger charge is 2.45. The lowest BCUT2D eigenvalue weighted by Gasteiger charge is -2.37. The van der Waals surface area contributed by atoms with E-state index in [9.17, 15) is 22.8 Å². The molecule has 2 atom stereocenters. The van der Waals surface area contributed by atoms with Crippen molar-refractivity contribution in [1.82, 2.24) is 10.2 Å². The van der Waals surface area contributed by atoms with E-state index in [-0.39, 0.29) is 37.3 Å². The van der Waals surface area contributed by atoms with Crippen molar-refractivity contribution in [1.29, 1.82) is 0 Å². The van der Waals surface area contributed by atoms with Crippen molar-refractivity contribution in [2.45, 2.75) is 44.4 Å². The van der Waals surface area contributed by atoms with E-state index < -0.39 is 24.9 Å². The smallest absolute Gasteiger partial charge is 0.372 e. The van der Waals surface area contributed by atoms with Crippen molar-refractivity contribution in [3.63, 3.8) is 0 Å². The quantitative estimate of drug-likeness (QED) is 0.747. The number of carbonyl (C=O) groups is 2. The Morgan fingerprint density at radius 2 is 2.00 bits per heavy atom. The highest BCUT2D eigenvalue weighted by Crippen LogP contribution is 2.35. The Kier molecular flexibility index (Phi) is 4.75. The fourth-order valence-electron chi connectivity index (χ4n) is 2.42. The minimum atomic E-state index is -4.34. The van der Waals surface area contributed by atoms with E-state index >= 15 is 0 Å². The topological polar surface area (TPSA) is 58.6 Å². The van der Waals surface area contributed by atoms with Crippen molar-refractivity contribution < 1.29 is 27.5 Å². The summed E-state index contributed by atoms with van der Waals surface area (Å²) in [5, 5.41) is 2.72. The third-order valence-corrected chi connectivity index (χ3v) is 3.74. The van der Waals surface area contributed by atoms with Gasteiger partial charge in [0.1, 0.15) is 18.7 Å². The summed E-state index contributed by atoms with van der Waals surface area (Å²) < 4.78 is 40.3. The first-order valence-corrected chi connectivity index (χ1v) is 7.05. The Hall–Kier alpha value is -1.31. The molecule has 0 aromatic heterocycles. The average Bonchev–Trinajstić information content (AvgIpc) is 3.20. The lowest BCUT2D eigenvalue weighted by atomic mass is 10.0. The summed E-state index contributed by atoms with van der Waals surface area (Å²) in [6.45, 7) is 0.467. The molecule has 0 radical (unpaired) electrons. The van der Waals surface area contributed by atoms with Crippen LogP contribution in [0.4, 0.5) is 13.2 Å². The standard InChI is InChI=1S/C13H19F3N2O3/c1-8-11(19)17-10(9-3-4-9)12(20)18(8)5-2-6-21-7-13(14,15)16/h8-10H,2-7H2,1H3,(H,17,19). The minimum Gasteiger partial charge on any atom is -0.372 e. The first kappa shape index (κ1) is 16.1. The highest BCUT2D eigenvalue weighted by atomic mass is 19.4. The van der Waals surface area contributed by atoms with Gasteiger partial charge < -0.3 is 15.0 Å². The summed E-state index contributed by atoms with van der Waals surface area (Å²) in [6.07, 6.45) is -2.22. The first-order valence-electron chi connectivity index (χ1n) is 7.05. The molecule has 0 aromatic rings. The van der Waals surface area contributed by atoms with Crippen LogP contribution in [0.1, 0.15) is 26.2 Å². The molecule has 0 bridgehead atoms. The second-order valence-corrected chi connectivity index (χ2v) is 5.55. The fourth-order valence-corrected chi connectivity index (χ4v) is 2.42. The number of amides is 2. The summed E-state index contributed by atoms with van der Waals surface area (Å²) in [4.78, 5) is 25.5. The Labute approximate surface area is 120 Å². The van der Waals surface area contributed by atoms with Crippen molar-refractivity contribution >= 4 is 11.8 Å². The van der Waals surface area contributed by atoms with Crippen LogP contribution in [-0.2, 0) is 14.3 Å². The molecule has 1 aliphatic carbocycles. The minimum absolute atomic E-state index is 0.0915. The summed E-state index contributed by atoms with van der Waals surface area (Å²) >= 11 is 0. The van der Waals surface area contributed by atoms with Crippen molar-refractivity contribution in [3.8, 4) is 0 Å². The van der Waals surface area contributed by atoms with Gasteiger partial charge in [0.25, 0.3) is 0 Å². The predicted octanol–water partition coefficient (Wildman–Crippen LogP) is 1.08. The maximum atomic E-state index is 12.3. The maximum absolute atomic E-state index is 12.3. The molecule has 5 nitrogen and oxygen atoms in total. The molecule has 2 fully saturated rings. The number of nitrogens with one attached hydrogen (secondary N) is 1. The van der Waals surface area contributed by atoms with E-state index in [1.54, 1.807) is 6.92 Å². The van der Waals surface area contributed by atoms with Crippen LogP contribution in [0.3, 0.4) is 0 Å². The second kappa shape index (κ2) is 6.21. The molecule has 1 N–H and O–H groups in total. The number of rotatable bonds is 6. The van der Waals surface area contributed by atoms with E-state index in [0.29, 0.717) is 0 Å². The Balaban J connectivity index is 1.79. The third-order valence-electron chi connectivity index (χ3n) is 3.74. The van der Waals surface area contributed by atoms with Crippen LogP contribution >= 0.6 is 0 Å². The summed E-state index contributed by atoms with van der Waals surface area (Å²) in [5.41, 5.74) is 0. The number of carbonyl (C=O) groups excluding carboxylic acids is 2. The van der Waals surface area contributed by atoms with Crippen molar-refractivity contribution in [2.75, 3.05) is 19.8 Å². The van der Waals surface area contributed by atoms with Gasteiger partial charge in [-0.25, -0.2) is 0 Å². The molecule has 1 saturated heterocycles. The number of nitrogens with zero attached hydrogens (tertiary/aromatic N) is 1. The van der Waals surface area contributed by atoms with Crippen LogP contribution < -0.4 is 5.32 Å². The largest absolute Gasteiger partial charge is 0.411 e. The molecule has 2 unspecified atom stereocenters. The normalized spacial score (nSPS) is 27.0. The van der Waals surface area contributed by atoms with E-state index in [0.717, 1.165) is 12.8 Å². The van der Waals surface area contributed by atoms with Crippen LogP contribution in [-0.4, -0.2) is 54.7 Å². The monoisotopic (exact) mass is 308 g/mol. The van der Waals surface area contributed by atoms with Crippen LogP contribution in [0.25, 0.3) is 0 Å². The number of hydrogen-bond donors (Lipinski definition) is 1. The fraction of sp³-hybridized carbons (Fsp3) is 0.846. The van der Waals surface area contributed by atoms with Crippen molar-refractivity contribution in [3.05, 3.63) is 0 Å². The molecule has 8 heteroatoms. The molecule has 2 amide bonds. The van der Waals surface area contributed by atoms with Gasteiger partial charge in [-0.05, 0) is 32.1 Å². The van der Waals surface area contributed by atoms with Gasteiger partial charge in [0.15, 0.2) is 0 Å². The third kappa shape index (κ3) is 4.33. The highest BCUT2D eigenvalue weighted by molar-refractivity contribution is 5.97.